The van der Waals surface area contributed by atoms with E-state index in [4.69, 9.17) is 16.3 Å². The highest BCUT2D eigenvalue weighted by Gasteiger charge is 2.22. The zero-order valence-electron chi connectivity index (χ0n) is 13.7. The van der Waals surface area contributed by atoms with Crippen LogP contribution in [-0.4, -0.2) is 43.6 Å². The Morgan fingerprint density at radius 1 is 1.08 bits per heavy atom. The third-order valence-electron chi connectivity index (χ3n) is 4.18. The van der Waals surface area contributed by atoms with Gasteiger partial charge in [-0.3, -0.25) is 4.79 Å². The second-order valence-electron chi connectivity index (χ2n) is 5.92. The number of amides is 1. The first-order chi connectivity index (χ1) is 11.6. The molecule has 1 aliphatic rings. The van der Waals surface area contributed by atoms with Gasteiger partial charge in [-0.2, -0.15) is 0 Å². The van der Waals surface area contributed by atoms with Gasteiger partial charge in [0.15, 0.2) is 6.61 Å². The number of piperazine rings is 1. The van der Waals surface area contributed by atoms with Crippen LogP contribution in [0.4, 0.5) is 5.69 Å². The molecule has 1 saturated heterocycles. The van der Waals surface area contributed by atoms with Crippen LogP contribution >= 0.6 is 11.6 Å². The lowest BCUT2D eigenvalue weighted by Gasteiger charge is -2.36. The Balaban J connectivity index is 1.51. The zero-order chi connectivity index (χ0) is 16.9. The first kappa shape index (κ1) is 16.7. The zero-order valence-corrected chi connectivity index (χ0v) is 14.5. The third-order valence-corrected chi connectivity index (χ3v) is 4.50. The number of rotatable bonds is 4. The molecule has 0 saturated carbocycles. The van der Waals surface area contributed by atoms with Gasteiger partial charge in [-0.15, -0.1) is 0 Å². The van der Waals surface area contributed by atoms with Crippen LogP contribution in [-0.2, 0) is 4.79 Å². The van der Waals surface area contributed by atoms with Gasteiger partial charge in [-0.25, -0.2) is 0 Å². The number of carbonyl (C=O) groups is 1. The number of carbonyl (C=O) groups excluding carboxylic acids is 1. The molecule has 1 amide bonds. The second kappa shape index (κ2) is 7.58. The van der Waals surface area contributed by atoms with E-state index in [-0.39, 0.29) is 12.5 Å². The van der Waals surface area contributed by atoms with E-state index in [1.165, 1.54) is 0 Å². The fourth-order valence-corrected chi connectivity index (χ4v) is 3.10. The monoisotopic (exact) mass is 344 g/mol. The van der Waals surface area contributed by atoms with Crippen molar-refractivity contribution in [1.29, 1.82) is 0 Å². The van der Waals surface area contributed by atoms with Crippen LogP contribution < -0.4 is 9.64 Å². The molecule has 24 heavy (non-hydrogen) atoms. The number of nitrogens with zero attached hydrogens (tertiary/aromatic N) is 2. The van der Waals surface area contributed by atoms with Crippen molar-refractivity contribution >= 4 is 23.2 Å². The summed E-state index contributed by atoms with van der Waals surface area (Å²) in [5, 5.41) is 0.750. The molecule has 126 valence electrons. The molecule has 0 N–H and O–H groups in total. The summed E-state index contributed by atoms with van der Waals surface area (Å²) in [5.74, 6) is 0.758. The molecule has 1 heterocycles. The van der Waals surface area contributed by atoms with Crippen molar-refractivity contribution in [1.82, 2.24) is 4.90 Å². The van der Waals surface area contributed by atoms with E-state index in [9.17, 15) is 4.79 Å². The van der Waals surface area contributed by atoms with Gasteiger partial charge in [0, 0.05) is 26.2 Å². The Labute approximate surface area is 147 Å². The van der Waals surface area contributed by atoms with Crippen LogP contribution in [0.5, 0.6) is 5.75 Å². The topological polar surface area (TPSA) is 32.8 Å². The van der Waals surface area contributed by atoms with Crippen molar-refractivity contribution in [2.45, 2.75) is 6.92 Å². The minimum atomic E-state index is 0.0234. The predicted octanol–water partition coefficient (Wildman–Crippen LogP) is 3.38. The summed E-state index contributed by atoms with van der Waals surface area (Å²) in [6.07, 6.45) is 0. The number of aryl methyl sites for hydroxylation is 1. The van der Waals surface area contributed by atoms with Crippen LogP contribution in [0.2, 0.25) is 5.02 Å². The average Bonchev–Trinajstić information content (AvgIpc) is 2.60. The van der Waals surface area contributed by atoms with Crippen molar-refractivity contribution < 1.29 is 9.53 Å². The van der Waals surface area contributed by atoms with Gasteiger partial charge in [-0.05, 0) is 36.8 Å². The van der Waals surface area contributed by atoms with E-state index in [1.54, 1.807) is 0 Å². The van der Waals surface area contributed by atoms with Gasteiger partial charge in [0.2, 0.25) is 0 Å². The molecule has 0 aromatic heterocycles. The van der Waals surface area contributed by atoms with Crippen LogP contribution in [0, 0.1) is 6.92 Å². The smallest absolute Gasteiger partial charge is 0.260 e. The Bertz CT molecular complexity index is 712. The normalized spacial score (nSPS) is 14.6. The Kier molecular flexibility index (Phi) is 5.26. The first-order valence-electron chi connectivity index (χ1n) is 8.10. The molecule has 1 aliphatic heterocycles. The summed E-state index contributed by atoms with van der Waals surface area (Å²) in [6.45, 7) is 5.00. The van der Waals surface area contributed by atoms with Crippen molar-refractivity contribution in [2.75, 3.05) is 37.7 Å². The van der Waals surface area contributed by atoms with Gasteiger partial charge in [0.1, 0.15) is 5.75 Å². The van der Waals surface area contributed by atoms with E-state index in [2.05, 4.69) is 4.90 Å². The summed E-state index contributed by atoms with van der Waals surface area (Å²) in [6, 6.07) is 15.5. The number of benzene rings is 2. The molecule has 0 unspecified atom stereocenters. The van der Waals surface area contributed by atoms with E-state index in [1.807, 2.05) is 60.4 Å². The lowest BCUT2D eigenvalue weighted by molar-refractivity contribution is -0.133. The lowest BCUT2D eigenvalue weighted by atomic mass is 10.2. The van der Waals surface area contributed by atoms with Gasteiger partial charge >= 0.3 is 0 Å². The van der Waals surface area contributed by atoms with Gasteiger partial charge in [0.25, 0.3) is 5.91 Å². The Hall–Kier alpha value is -2.20. The first-order valence-corrected chi connectivity index (χ1v) is 8.48. The highest BCUT2D eigenvalue weighted by molar-refractivity contribution is 6.33. The Morgan fingerprint density at radius 2 is 1.83 bits per heavy atom. The summed E-state index contributed by atoms with van der Waals surface area (Å²) < 4.78 is 5.61. The number of hydrogen-bond donors (Lipinski definition) is 0. The van der Waals surface area contributed by atoms with Crippen LogP contribution in [0.25, 0.3) is 0 Å². The SMILES string of the molecule is Cc1cccc(OCC(=O)N2CCN(c3ccccc3Cl)CC2)c1. The summed E-state index contributed by atoms with van der Waals surface area (Å²) >= 11 is 6.24. The van der Waals surface area contributed by atoms with Crippen molar-refractivity contribution in [2.24, 2.45) is 0 Å². The van der Waals surface area contributed by atoms with Crippen LogP contribution in [0.1, 0.15) is 5.56 Å². The van der Waals surface area contributed by atoms with Gasteiger partial charge in [0.05, 0.1) is 10.7 Å². The molecular weight excluding hydrogens is 324 g/mol. The fourth-order valence-electron chi connectivity index (χ4n) is 2.85. The average molecular weight is 345 g/mol. The maximum Gasteiger partial charge on any atom is 0.260 e. The van der Waals surface area contributed by atoms with Crippen molar-refractivity contribution in [3.63, 3.8) is 0 Å². The molecule has 1 fully saturated rings. The minimum absolute atomic E-state index is 0.0234. The van der Waals surface area contributed by atoms with Gasteiger partial charge < -0.3 is 14.5 Å². The third kappa shape index (κ3) is 4.01. The summed E-state index contributed by atoms with van der Waals surface area (Å²) in [4.78, 5) is 16.4. The maximum atomic E-state index is 12.3. The van der Waals surface area contributed by atoms with E-state index < -0.39 is 0 Å². The van der Waals surface area contributed by atoms with E-state index >= 15 is 0 Å². The number of halogens is 1. The molecule has 0 spiro atoms. The molecule has 0 radical (unpaired) electrons. The predicted molar refractivity (Wildman–Crippen MR) is 96.9 cm³/mol. The molecule has 0 atom stereocenters. The quantitative estimate of drug-likeness (QED) is 0.852. The Morgan fingerprint density at radius 3 is 2.54 bits per heavy atom. The summed E-state index contributed by atoms with van der Waals surface area (Å²) in [7, 11) is 0. The second-order valence-corrected chi connectivity index (χ2v) is 6.33. The molecule has 0 aliphatic carbocycles. The molecule has 0 bridgehead atoms. The van der Waals surface area contributed by atoms with Crippen molar-refractivity contribution in [3.8, 4) is 5.75 Å². The fraction of sp³-hybridized carbons (Fsp3) is 0.316. The highest BCUT2D eigenvalue weighted by Crippen LogP contribution is 2.26. The number of hydrogen-bond acceptors (Lipinski definition) is 3. The summed E-state index contributed by atoms with van der Waals surface area (Å²) in [5.41, 5.74) is 2.15. The molecule has 3 rings (SSSR count). The number of ether oxygens (including phenoxy) is 1. The molecule has 2 aromatic carbocycles. The van der Waals surface area contributed by atoms with Crippen molar-refractivity contribution in [3.05, 3.63) is 59.1 Å². The molecular formula is C19H21ClN2O2. The highest BCUT2D eigenvalue weighted by atomic mass is 35.5. The van der Waals surface area contributed by atoms with Gasteiger partial charge in [-0.1, -0.05) is 35.9 Å². The largest absolute Gasteiger partial charge is 0.484 e. The lowest BCUT2D eigenvalue weighted by Crippen LogP contribution is -2.50. The van der Waals surface area contributed by atoms with Crippen LogP contribution in [0.3, 0.4) is 0 Å². The minimum Gasteiger partial charge on any atom is -0.484 e. The molecule has 2 aromatic rings. The van der Waals surface area contributed by atoms with E-state index in [0.29, 0.717) is 13.1 Å². The van der Waals surface area contributed by atoms with Crippen LogP contribution in [0.15, 0.2) is 48.5 Å². The molecule has 4 nitrogen and oxygen atoms in total. The maximum absolute atomic E-state index is 12.3. The number of para-hydroxylation sites is 1. The number of anilines is 1. The molecule has 5 heteroatoms. The van der Waals surface area contributed by atoms with E-state index in [0.717, 1.165) is 35.1 Å². The standard InChI is InChI=1S/C19H21ClN2O2/c1-15-5-4-6-16(13-15)24-14-19(23)22-11-9-21(10-12-22)18-8-3-2-7-17(18)20/h2-8,13H,9-12,14H2,1H3.